The van der Waals surface area contributed by atoms with Crippen LogP contribution in [0.2, 0.25) is 0 Å². The Morgan fingerprint density at radius 1 is 1.14 bits per heavy atom. The van der Waals surface area contributed by atoms with Gasteiger partial charge in [-0.2, -0.15) is 0 Å². The van der Waals surface area contributed by atoms with Crippen molar-refractivity contribution in [3.63, 3.8) is 0 Å². The number of fused-ring (bicyclic) bond motifs is 3. The second-order valence-electron chi connectivity index (χ2n) is 9.07. The maximum absolute atomic E-state index is 13.9. The molecular weight excluding hydrogens is 476 g/mol. The molecule has 0 bridgehead atoms. The summed E-state index contributed by atoms with van der Waals surface area (Å²) >= 11 is 2.90. The molecular formula is C27H28N4O2S2. The van der Waals surface area contributed by atoms with Crippen molar-refractivity contribution >= 4 is 44.9 Å². The number of carbonyl (C=O) groups is 1. The first-order valence-corrected chi connectivity index (χ1v) is 13.6. The highest BCUT2D eigenvalue weighted by atomic mass is 32.2. The molecule has 0 fully saturated rings. The third-order valence-corrected chi connectivity index (χ3v) is 8.33. The lowest BCUT2D eigenvalue weighted by molar-refractivity contribution is -0.113. The Morgan fingerprint density at radius 2 is 1.89 bits per heavy atom. The molecule has 0 saturated carbocycles. The summed E-state index contributed by atoms with van der Waals surface area (Å²) in [7, 11) is 0. The molecule has 0 atom stereocenters. The van der Waals surface area contributed by atoms with Crippen LogP contribution >= 0.6 is 23.1 Å². The van der Waals surface area contributed by atoms with Crippen LogP contribution in [0, 0.1) is 6.92 Å². The molecule has 0 unspecified atom stereocenters. The first-order valence-electron chi connectivity index (χ1n) is 11.8. The quantitative estimate of drug-likeness (QED) is 0.287. The first kappa shape index (κ1) is 23.8. The SMILES string of the molecule is Cc1ccc(-n2c(SCC(=O)Nc3ccccc3)nc3sc4c(c3c2=O)CCN(C(C)C)C4)cc1. The fourth-order valence-corrected chi connectivity index (χ4v) is 6.45. The fourth-order valence-electron chi connectivity index (χ4n) is 4.35. The van der Waals surface area contributed by atoms with Gasteiger partial charge in [0.2, 0.25) is 5.91 Å². The van der Waals surface area contributed by atoms with Crippen molar-refractivity contribution in [3.05, 3.63) is 81.0 Å². The van der Waals surface area contributed by atoms with Gasteiger partial charge in [0.05, 0.1) is 16.8 Å². The van der Waals surface area contributed by atoms with Crippen LogP contribution in [0.4, 0.5) is 5.69 Å². The van der Waals surface area contributed by atoms with Crippen LogP contribution < -0.4 is 10.9 Å². The normalized spacial score (nSPS) is 13.8. The Balaban J connectivity index is 1.54. The molecule has 1 aliphatic rings. The topological polar surface area (TPSA) is 67.2 Å². The van der Waals surface area contributed by atoms with Crippen LogP contribution in [-0.2, 0) is 17.8 Å². The van der Waals surface area contributed by atoms with Crippen molar-refractivity contribution in [1.82, 2.24) is 14.5 Å². The Bertz CT molecular complexity index is 1430. The third kappa shape index (κ3) is 4.91. The smallest absolute Gasteiger partial charge is 0.267 e. The van der Waals surface area contributed by atoms with Crippen LogP contribution in [0.25, 0.3) is 15.9 Å². The van der Waals surface area contributed by atoms with Crippen LogP contribution in [0.15, 0.2) is 64.5 Å². The average molecular weight is 505 g/mol. The van der Waals surface area contributed by atoms with Gasteiger partial charge in [0.25, 0.3) is 5.56 Å². The molecule has 0 aliphatic carbocycles. The van der Waals surface area contributed by atoms with Gasteiger partial charge in [0.1, 0.15) is 4.83 Å². The summed E-state index contributed by atoms with van der Waals surface area (Å²) in [6.45, 7) is 8.22. The second-order valence-corrected chi connectivity index (χ2v) is 11.1. The van der Waals surface area contributed by atoms with Crippen molar-refractivity contribution in [2.24, 2.45) is 0 Å². The molecule has 1 N–H and O–H groups in total. The van der Waals surface area contributed by atoms with E-state index in [9.17, 15) is 9.59 Å². The summed E-state index contributed by atoms with van der Waals surface area (Å²) in [5.41, 5.74) is 3.71. The van der Waals surface area contributed by atoms with Crippen molar-refractivity contribution < 1.29 is 4.79 Å². The van der Waals surface area contributed by atoms with Crippen LogP contribution in [-0.4, -0.2) is 38.7 Å². The summed E-state index contributed by atoms with van der Waals surface area (Å²) in [6, 6.07) is 17.7. The Hall–Kier alpha value is -2.94. The zero-order valence-corrected chi connectivity index (χ0v) is 21.7. The minimum Gasteiger partial charge on any atom is -0.325 e. The zero-order valence-electron chi connectivity index (χ0n) is 20.1. The lowest BCUT2D eigenvalue weighted by atomic mass is 10.0. The monoisotopic (exact) mass is 504 g/mol. The first-order chi connectivity index (χ1) is 16.9. The highest BCUT2D eigenvalue weighted by Gasteiger charge is 2.26. The van der Waals surface area contributed by atoms with E-state index in [0.717, 1.165) is 52.2 Å². The predicted molar refractivity (Wildman–Crippen MR) is 145 cm³/mol. The van der Waals surface area contributed by atoms with Gasteiger partial charge in [-0.25, -0.2) is 4.98 Å². The van der Waals surface area contributed by atoms with Crippen LogP contribution in [0.5, 0.6) is 0 Å². The van der Waals surface area contributed by atoms with Crippen molar-refractivity contribution in [1.29, 1.82) is 0 Å². The predicted octanol–water partition coefficient (Wildman–Crippen LogP) is 5.25. The van der Waals surface area contributed by atoms with Gasteiger partial charge in [-0.1, -0.05) is 47.7 Å². The molecule has 180 valence electrons. The zero-order chi connectivity index (χ0) is 24.5. The van der Waals surface area contributed by atoms with E-state index in [0.29, 0.717) is 11.2 Å². The number of amides is 1. The van der Waals surface area contributed by atoms with E-state index < -0.39 is 0 Å². The molecule has 8 heteroatoms. The minimum absolute atomic E-state index is 0.0553. The number of hydrogen-bond acceptors (Lipinski definition) is 6. The number of rotatable bonds is 6. The molecule has 3 heterocycles. The van der Waals surface area contributed by atoms with Crippen LogP contribution in [0.1, 0.15) is 29.9 Å². The van der Waals surface area contributed by atoms with E-state index in [1.54, 1.807) is 15.9 Å². The van der Waals surface area contributed by atoms with Gasteiger partial charge < -0.3 is 5.32 Å². The number of thiophene rings is 1. The molecule has 0 saturated heterocycles. The lowest BCUT2D eigenvalue weighted by Gasteiger charge is -2.30. The van der Waals surface area contributed by atoms with Gasteiger partial charge in [0.15, 0.2) is 5.16 Å². The number of aromatic nitrogens is 2. The minimum atomic E-state index is -0.135. The van der Waals surface area contributed by atoms with E-state index in [1.165, 1.54) is 16.6 Å². The second kappa shape index (κ2) is 9.97. The number of para-hydroxylation sites is 1. The van der Waals surface area contributed by atoms with Gasteiger partial charge >= 0.3 is 0 Å². The number of aryl methyl sites for hydroxylation is 1. The number of nitrogens with zero attached hydrogens (tertiary/aromatic N) is 3. The highest BCUT2D eigenvalue weighted by molar-refractivity contribution is 7.99. The molecule has 2 aromatic carbocycles. The fraction of sp³-hybridized carbons (Fsp3) is 0.296. The average Bonchev–Trinajstić information content (AvgIpc) is 3.22. The largest absolute Gasteiger partial charge is 0.325 e. The van der Waals surface area contributed by atoms with E-state index in [2.05, 4.69) is 24.1 Å². The summed E-state index contributed by atoms with van der Waals surface area (Å²) in [5.74, 6) is 0.0225. The van der Waals surface area contributed by atoms with Crippen molar-refractivity contribution in [2.75, 3.05) is 17.6 Å². The molecule has 1 amide bonds. The summed E-state index contributed by atoms with van der Waals surface area (Å²) in [4.78, 5) is 35.9. The number of thioether (sulfide) groups is 1. The van der Waals surface area contributed by atoms with E-state index >= 15 is 0 Å². The van der Waals surface area contributed by atoms with Gasteiger partial charge in [-0.15, -0.1) is 11.3 Å². The molecule has 0 radical (unpaired) electrons. The molecule has 35 heavy (non-hydrogen) atoms. The summed E-state index contributed by atoms with van der Waals surface area (Å²) in [6.07, 6.45) is 0.851. The standard InChI is InChI=1S/C27H28N4O2S2/c1-17(2)30-14-13-21-22(15-30)35-25-24(21)26(33)31(20-11-9-18(3)10-12-20)27(29-25)34-16-23(32)28-19-7-5-4-6-8-19/h4-12,17H,13-16H2,1-3H3,(H,28,32). The molecule has 0 spiro atoms. The molecule has 2 aromatic heterocycles. The van der Waals surface area contributed by atoms with Crippen LogP contribution in [0.3, 0.4) is 0 Å². The molecule has 1 aliphatic heterocycles. The number of hydrogen-bond donors (Lipinski definition) is 1. The Morgan fingerprint density at radius 3 is 2.60 bits per heavy atom. The number of anilines is 1. The molecule has 4 aromatic rings. The maximum Gasteiger partial charge on any atom is 0.267 e. The summed E-state index contributed by atoms with van der Waals surface area (Å²) < 4.78 is 1.67. The number of carbonyl (C=O) groups excluding carboxylic acids is 1. The Kier molecular flexibility index (Phi) is 6.77. The Labute approximate surface area is 213 Å². The van der Waals surface area contributed by atoms with Crippen molar-refractivity contribution in [2.45, 2.75) is 44.9 Å². The third-order valence-electron chi connectivity index (χ3n) is 6.29. The number of benzene rings is 2. The molecule has 6 nitrogen and oxygen atoms in total. The lowest BCUT2D eigenvalue weighted by Crippen LogP contribution is -2.35. The maximum atomic E-state index is 13.9. The number of nitrogens with one attached hydrogen (secondary N) is 1. The summed E-state index contributed by atoms with van der Waals surface area (Å²) in [5, 5.41) is 4.17. The van der Waals surface area contributed by atoms with Gasteiger partial charge in [-0.05, 0) is 57.0 Å². The van der Waals surface area contributed by atoms with Crippen molar-refractivity contribution in [3.8, 4) is 5.69 Å². The van der Waals surface area contributed by atoms with E-state index in [-0.39, 0.29) is 17.2 Å². The van der Waals surface area contributed by atoms with Gasteiger partial charge in [0, 0.05) is 29.7 Å². The highest BCUT2D eigenvalue weighted by Crippen LogP contribution is 2.34. The molecule has 5 rings (SSSR count). The van der Waals surface area contributed by atoms with Gasteiger partial charge in [-0.3, -0.25) is 19.1 Å². The van der Waals surface area contributed by atoms with E-state index in [4.69, 9.17) is 4.98 Å². The van der Waals surface area contributed by atoms with E-state index in [1.807, 2.05) is 61.5 Å².